The van der Waals surface area contributed by atoms with Gasteiger partial charge in [0.25, 0.3) is 0 Å². The van der Waals surface area contributed by atoms with Gasteiger partial charge in [0.15, 0.2) is 0 Å². The van der Waals surface area contributed by atoms with Crippen molar-refractivity contribution >= 4 is 11.6 Å². The van der Waals surface area contributed by atoms with Gasteiger partial charge in [-0.05, 0) is 12.1 Å². The predicted octanol–water partition coefficient (Wildman–Crippen LogP) is 1.59. The van der Waals surface area contributed by atoms with Crippen molar-refractivity contribution in [3.05, 3.63) is 30.1 Å². The number of hydrogen-bond donors (Lipinski definition) is 2. The molecule has 0 heterocycles. The highest BCUT2D eigenvalue weighted by molar-refractivity contribution is 5.92. The standard InChI is InChI=1S/C12H15F4N3O/c13-9-3-1-2-4-10(9)18-11(20)7-19(6-5-17)8-12(14,15)16/h1-4H,5-8,17H2,(H,18,20). The number of nitrogens with two attached hydrogens (primary N) is 1. The van der Waals surface area contributed by atoms with Crippen molar-refractivity contribution < 1.29 is 22.4 Å². The minimum Gasteiger partial charge on any atom is -0.329 e. The van der Waals surface area contributed by atoms with Crippen molar-refractivity contribution in [2.45, 2.75) is 6.18 Å². The molecule has 112 valence electrons. The molecule has 0 aromatic heterocycles. The van der Waals surface area contributed by atoms with Crippen molar-refractivity contribution in [3.8, 4) is 0 Å². The van der Waals surface area contributed by atoms with Crippen LogP contribution in [-0.4, -0.2) is 43.2 Å². The van der Waals surface area contributed by atoms with Crippen molar-refractivity contribution in [2.24, 2.45) is 5.73 Å². The lowest BCUT2D eigenvalue weighted by Crippen LogP contribution is -2.42. The molecule has 0 aliphatic carbocycles. The molecule has 0 saturated heterocycles. The fourth-order valence-electron chi connectivity index (χ4n) is 1.61. The third-order valence-corrected chi connectivity index (χ3v) is 2.36. The van der Waals surface area contributed by atoms with E-state index in [0.717, 1.165) is 11.0 Å². The summed E-state index contributed by atoms with van der Waals surface area (Å²) in [4.78, 5) is 12.5. The third kappa shape index (κ3) is 5.98. The van der Waals surface area contributed by atoms with Crippen LogP contribution in [0.1, 0.15) is 0 Å². The molecule has 8 heteroatoms. The van der Waals surface area contributed by atoms with E-state index >= 15 is 0 Å². The van der Waals surface area contributed by atoms with E-state index in [4.69, 9.17) is 5.73 Å². The maximum absolute atomic E-state index is 13.3. The van der Waals surface area contributed by atoms with Crippen molar-refractivity contribution in [1.29, 1.82) is 0 Å². The minimum absolute atomic E-state index is 0.0109. The van der Waals surface area contributed by atoms with E-state index in [1.807, 2.05) is 0 Å². The van der Waals surface area contributed by atoms with Gasteiger partial charge in [0, 0.05) is 13.1 Å². The Morgan fingerprint density at radius 2 is 1.95 bits per heavy atom. The van der Waals surface area contributed by atoms with Crippen molar-refractivity contribution in [2.75, 3.05) is 31.5 Å². The molecule has 0 unspecified atom stereocenters. The summed E-state index contributed by atoms with van der Waals surface area (Å²) in [6.07, 6.45) is -4.42. The summed E-state index contributed by atoms with van der Waals surface area (Å²) in [6.45, 7) is -1.84. The second kappa shape index (κ2) is 7.20. The molecule has 0 saturated carbocycles. The Labute approximate surface area is 113 Å². The first-order valence-corrected chi connectivity index (χ1v) is 5.85. The summed E-state index contributed by atoms with van der Waals surface area (Å²) in [6, 6.07) is 5.41. The number of para-hydroxylation sites is 1. The van der Waals surface area contributed by atoms with E-state index < -0.39 is 31.0 Å². The predicted molar refractivity (Wildman–Crippen MR) is 66.6 cm³/mol. The Morgan fingerprint density at radius 1 is 1.30 bits per heavy atom. The number of amides is 1. The number of alkyl halides is 3. The van der Waals surface area contributed by atoms with Crippen LogP contribution in [0.5, 0.6) is 0 Å². The van der Waals surface area contributed by atoms with Gasteiger partial charge in [-0.3, -0.25) is 9.69 Å². The molecule has 1 rings (SSSR count). The van der Waals surface area contributed by atoms with Gasteiger partial charge in [-0.2, -0.15) is 13.2 Å². The molecule has 0 radical (unpaired) electrons. The second-order valence-corrected chi connectivity index (χ2v) is 4.14. The SMILES string of the molecule is NCCN(CC(=O)Nc1ccccc1F)CC(F)(F)F. The van der Waals surface area contributed by atoms with Crippen molar-refractivity contribution in [3.63, 3.8) is 0 Å². The fraction of sp³-hybridized carbons (Fsp3) is 0.417. The Hall–Kier alpha value is -1.67. The van der Waals surface area contributed by atoms with Crippen LogP contribution in [0.2, 0.25) is 0 Å². The molecule has 0 bridgehead atoms. The van der Waals surface area contributed by atoms with E-state index in [9.17, 15) is 22.4 Å². The van der Waals surface area contributed by atoms with Gasteiger partial charge < -0.3 is 11.1 Å². The van der Waals surface area contributed by atoms with E-state index in [1.54, 1.807) is 0 Å². The number of nitrogens with one attached hydrogen (secondary N) is 1. The molecule has 1 amide bonds. The molecule has 4 nitrogen and oxygen atoms in total. The Kier molecular flexibility index (Phi) is 5.90. The van der Waals surface area contributed by atoms with E-state index in [0.29, 0.717) is 0 Å². The third-order valence-electron chi connectivity index (χ3n) is 2.36. The normalized spacial score (nSPS) is 11.7. The Morgan fingerprint density at radius 3 is 2.50 bits per heavy atom. The topological polar surface area (TPSA) is 58.4 Å². The summed E-state index contributed by atoms with van der Waals surface area (Å²) in [7, 11) is 0. The van der Waals surface area contributed by atoms with Crippen LogP contribution in [0.25, 0.3) is 0 Å². The number of carbonyl (C=O) groups is 1. The second-order valence-electron chi connectivity index (χ2n) is 4.14. The summed E-state index contributed by atoms with van der Waals surface area (Å²) in [5, 5.41) is 2.22. The molecule has 0 aliphatic rings. The first kappa shape index (κ1) is 16.4. The molecular weight excluding hydrogens is 278 g/mol. The largest absolute Gasteiger partial charge is 0.401 e. The minimum atomic E-state index is -4.42. The summed E-state index contributed by atoms with van der Waals surface area (Å²) in [5.74, 6) is -1.38. The Balaban J connectivity index is 2.60. The zero-order chi connectivity index (χ0) is 15.2. The lowest BCUT2D eigenvalue weighted by Gasteiger charge is -2.22. The van der Waals surface area contributed by atoms with Gasteiger partial charge >= 0.3 is 6.18 Å². The van der Waals surface area contributed by atoms with Gasteiger partial charge in [-0.1, -0.05) is 12.1 Å². The molecule has 1 aromatic carbocycles. The first-order chi connectivity index (χ1) is 9.31. The van der Waals surface area contributed by atoms with Crippen LogP contribution in [0, 0.1) is 5.82 Å². The number of carbonyl (C=O) groups excluding carboxylic acids is 1. The molecule has 0 fully saturated rings. The highest BCUT2D eigenvalue weighted by Crippen LogP contribution is 2.16. The van der Waals surface area contributed by atoms with Crippen LogP contribution >= 0.6 is 0 Å². The van der Waals surface area contributed by atoms with Crippen LogP contribution in [0.15, 0.2) is 24.3 Å². The first-order valence-electron chi connectivity index (χ1n) is 5.85. The molecule has 0 spiro atoms. The van der Waals surface area contributed by atoms with E-state index in [-0.39, 0.29) is 18.8 Å². The number of nitrogens with zero attached hydrogens (tertiary/aromatic N) is 1. The van der Waals surface area contributed by atoms with Gasteiger partial charge in [0.05, 0.1) is 18.8 Å². The maximum atomic E-state index is 13.3. The van der Waals surface area contributed by atoms with Gasteiger partial charge in [-0.25, -0.2) is 4.39 Å². The number of rotatable bonds is 6. The number of hydrogen-bond acceptors (Lipinski definition) is 3. The molecule has 0 aliphatic heterocycles. The Bertz CT molecular complexity index is 451. The fourth-order valence-corrected chi connectivity index (χ4v) is 1.61. The van der Waals surface area contributed by atoms with Crippen molar-refractivity contribution in [1.82, 2.24) is 4.90 Å². The summed E-state index contributed by atoms with van der Waals surface area (Å²) in [5.41, 5.74) is 5.13. The zero-order valence-electron chi connectivity index (χ0n) is 10.6. The number of anilines is 1. The highest BCUT2D eigenvalue weighted by atomic mass is 19.4. The molecular formula is C12H15F4N3O. The summed E-state index contributed by atoms with van der Waals surface area (Å²) < 4.78 is 50.2. The van der Waals surface area contributed by atoms with Crippen LogP contribution in [0.4, 0.5) is 23.2 Å². The quantitative estimate of drug-likeness (QED) is 0.783. The average Bonchev–Trinajstić information content (AvgIpc) is 2.30. The van der Waals surface area contributed by atoms with Crippen LogP contribution in [0.3, 0.4) is 0 Å². The van der Waals surface area contributed by atoms with E-state index in [1.165, 1.54) is 18.2 Å². The molecule has 0 atom stereocenters. The average molecular weight is 293 g/mol. The molecule has 20 heavy (non-hydrogen) atoms. The lowest BCUT2D eigenvalue weighted by molar-refractivity contribution is -0.147. The maximum Gasteiger partial charge on any atom is 0.401 e. The van der Waals surface area contributed by atoms with Gasteiger partial charge in [0.1, 0.15) is 5.82 Å². The van der Waals surface area contributed by atoms with Crippen LogP contribution < -0.4 is 11.1 Å². The van der Waals surface area contributed by atoms with E-state index in [2.05, 4.69) is 5.32 Å². The molecule has 1 aromatic rings. The number of halogens is 4. The molecule has 3 N–H and O–H groups in total. The van der Waals surface area contributed by atoms with Gasteiger partial charge in [-0.15, -0.1) is 0 Å². The smallest absolute Gasteiger partial charge is 0.329 e. The van der Waals surface area contributed by atoms with Gasteiger partial charge in [0.2, 0.25) is 5.91 Å². The monoisotopic (exact) mass is 293 g/mol. The lowest BCUT2D eigenvalue weighted by atomic mass is 10.3. The summed E-state index contributed by atoms with van der Waals surface area (Å²) >= 11 is 0. The number of benzene rings is 1. The highest BCUT2D eigenvalue weighted by Gasteiger charge is 2.31. The van der Waals surface area contributed by atoms with Crippen LogP contribution in [-0.2, 0) is 4.79 Å². The zero-order valence-corrected chi connectivity index (χ0v) is 10.6.